The second kappa shape index (κ2) is 5.52. The average molecular weight is 251 g/mol. The van der Waals surface area contributed by atoms with Crippen molar-refractivity contribution in [2.45, 2.75) is 39.3 Å². The first-order valence-electron chi connectivity index (χ1n) is 6.47. The first-order chi connectivity index (χ1) is 8.60. The van der Waals surface area contributed by atoms with Crippen LogP contribution in [0.25, 0.3) is 0 Å². The number of nitrogens with zero attached hydrogens (tertiary/aromatic N) is 2. The van der Waals surface area contributed by atoms with E-state index in [0.29, 0.717) is 18.4 Å². The standard InChI is InChI=1S/C13H21N3O2/c1-9-4-5-16(13(17)12(6-9)14-3)8-11-7-15-10(2)18-11/h7,9,12,14H,4-6,8H2,1-3H3. The van der Waals surface area contributed by atoms with Crippen LogP contribution in [0.15, 0.2) is 10.6 Å². The van der Waals surface area contributed by atoms with Crippen LogP contribution in [0, 0.1) is 12.8 Å². The van der Waals surface area contributed by atoms with E-state index in [-0.39, 0.29) is 11.9 Å². The van der Waals surface area contributed by atoms with Gasteiger partial charge in [-0.25, -0.2) is 4.98 Å². The van der Waals surface area contributed by atoms with Crippen molar-refractivity contribution in [3.63, 3.8) is 0 Å². The molecule has 5 heteroatoms. The molecule has 1 N–H and O–H groups in total. The van der Waals surface area contributed by atoms with Crippen LogP contribution in [-0.4, -0.2) is 35.4 Å². The number of hydrogen-bond donors (Lipinski definition) is 1. The van der Waals surface area contributed by atoms with E-state index in [0.717, 1.165) is 25.1 Å². The molecule has 2 heterocycles. The van der Waals surface area contributed by atoms with E-state index in [1.165, 1.54) is 0 Å². The van der Waals surface area contributed by atoms with Gasteiger partial charge in [-0.15, -0.1) is 0 Å². The predicted molar refractivity (Wildman–Crippen MR) is 67.9 cm³/mol. The van der Waals surface area contributed by atoms with Gasteiger partial charge < -0.3 is 14.6 Å². The first-order valence-corrected chi connectivity index (χ1v) is 6.47. The van der Waals surface area contributed by atoms with Gasteiger partial charge in [-0.05, 0) is 25.8 Å². The minimum absolute atomic E-state index is 0.0773. The summed E-state index contributed by atoms with van der Waals surface area (Å²) in [6.07, 6.45) is 3.64. The van der Waals surface area contributed by atoms with E-state index >= 15 is 0 Å². The van der Waals surface area contributed by atoms with Crippen LogP contribution in [0.3, 0.4) is 0 Å². The van der Waals surface area contributed by atoms with Gasteiger partial charge in [0.05, 0.1) is 18.8 Å². The molecule has 1 aliphatic rings. The summed E-state index contributed by atoms with van der Waals surface area (Å²) < 4.78 is 5.45. The zero-order chi connectivity index (χ0) is 13.1. The molecule has 1 amide bonds. The second-order valence-corrected chi connectivity index (χ2v) is 5.08. The zero-order valence-electron chi connectivity index (χ0n) is 11.3. The largest absolute Gasteiger partial charge is 0.444 e. The van der Waals surface area contributed by atoms with Gasteiger partial charge in [0.2, 0.25) is 5.91 Å². The fourth-order valence-electron chi connectivity index (χ4n) is 2.39. The van der Waals surface area contributed by atoms with Gasteiger partial charge in [-0.2, -0.15) is 0 Å². The summed E-state index contributed by atoms with van der Waals surface area (Å²) in [5.74, 6) is 2.12. The Bertz CT molecular complexity index is 416. The molecule has 0 aromatic carbocycles. The summed E-state index contributed by atoms with van der Waals surface area (Å²) >= 11 is 0. The number of amides is 1. The van der Waals surface area contributed by atoms with Gasteiger partial charge in [0.25, 0.3) is 0 Å². The van der Waals surface area contributed by atoms with E-state index in [2.05, 4.69) is 17.2 Å². The predicted octanol–water partition coefficient (Wildman–Crippen LogP) is 1.33. The lowest BCUT2D eigenvalue weighted by atomic mass is 10.0. The molecule has 1 aromatic rings. The van der Waals surface area contributed by atoms with Crippen LogP contribution in [-0.2, 0) is 11.3 Å². The number of likely N-dealkylation sites (N-methyl/N-ethyl adjacent to an activating group) is 1. The van der Waals surface area contributed by atoms with Gasteiger partial charge in [-0.1, -0.05) is 6.92 Å². The minimum atomic E-state index is -0.0773. The number of likely N-dealkylation sites (tertiary alicyclic amines) is 1. The number of oxazole rings is 1. The fraction of sp³-hybridized carbons (Fsp3) is 0.692. The summed E-state index contributed by atoms with van der Waals surface area (Å²) in [7, 11) is 1.84. The van der Waals surface area contributed by atoms with Gasteiger partial charge in [0, 0.05) is 13.5 Å². The average Bonchev–Trinajstić information content (AvgIpc) is 2.70. The van der Waals surface area contributed by atoms with Gasteiger partial charge in [0.15, 0.2) is 5.89 Å². The first kappa shape index (κ1) is 13.1. The number of aryl methyl sites for hydroxylation is 1. The van der Waals surface area contributed by atoms with Crippen molar-refractivity contribution in [3.05, 3.63) is 17.8 Å². The van der Waals surface area contributed by atoms with E-state index in [1.54, 1.807) is 6.20 Å². The number of aromatic nitrogens is 1. The second-order valence-electron chi connectivity index (χ2n) is 5.08. The van der Waals surface area contributed by atoms with Gasteiger partial charge in [-0.3, -0.25) is 4.79 Å². The third kappa shape index (κ3) is 2.90. The summed E-state index contributed by atoms with van der Waals surface area (Å²) in [5, 5.41) is 3.11. The molecule has 18 heavy (non-hydrogen) atoms. The SMILES string of the molecule is CNC1CC(C)CCN(Cc2cnc(C)o2)C1=O. The molecule has 0 radical (unpaired) electrons. The molecule has 100 valence electrons. The maximum atomic E-state index is 12.3. The Morgan fingerprint density at radius 2 is 2.39 bits per heavy atom. The topological polar surface area (TPSA) is 58.4 Å². The summed E-state index contributed by atoms with van der Waals surface area (Å²) in [4.78, 5) is 18.3. The van der Waals surface area contributed by atoms with Crippen LogP contribution in [0.2, 0.25) is 0 Å². The zero-order valence-corrected chi connectivity index (χ0v) is 11.3. The minimum Gasteiger partial charge on any atom is -0.444 e. The number of carbonyl (C=O) groups is 1. The highest BCUT2D eigenvalue weighted by Gasteiger charge is 2.29. The Labute approximate surface area is 108 Å². The third-order valence-corrected chi connectivity index (χ3v) is 3.50. The maximum Gasteiger partial charge on any atom is 0.240 e. The number of rotatable bonds is 3. The van der Waals surface area contributed by atoms with Crippen LogP contribution >= 0.6 is 0 Å². The molecule has 5 nitrogen and oxygen atoms in total. The molecule has 1 fully saturated rings. The van der Waals surface area contributed by atoms with E-state index in [9.17, 15) is 4.79 Å². The van der Waals surface area contributed by atoms with Gasteiger partial charge >= 0.3 is 0 Å². The van der Waals surface area contributed by atoms with E-state index in [1.807, 2.05) is 18.9 Å². The quantitative estimate of drug-likeness (QED) is 0.880. The van der Waals surface area contributed by atoms with Crippen molar-refractivity contribution in [1.82, 2.24) is 15.2 Å². The van der Waals surface area contributed by atoms with Crippen molar-refractivity contribution < 1.29 is 9.21 Å². The maximum absolute atomic E-state index is 12.3. The molecule has 1 saturated heterocycles. The van der Waals surface area contributed by atoms with Crippen molar-refractivity contribution >= 4 is 5.91 Å². The number of carbonyl (C=O) groups excluding carboxylic acids is 1. The highest BCUT2D eigenvalue weighted by molar-refractivity contribution is 5.82. The van der Waals surface area contributed by atoms with Crippen LogP contribution < -0.4 is 5.32 Å². The summed E-state index contributed by atoms with van der Waals surface area (Å²) in [6.45, 7) is 5.31. The Hall–Kier alpha value is -1.36. The normalized spacial score (nSPS) is 25.3. The molecule has 1 aliphatic heterocycles. The van der Waals surface area contributed by atoms with Crippen molar-refractivity contribution in [2.75, 3.05) is 13.6 Å². The molecular weight excluding hydrogens is 230 g/mol. The van der Waals surface area contributed by atoms with Crippen LogP contribution in [0.4, 0.5) is 0 Å². The third-order valence-electron chi connectivity index (χ3n) is 3.50. The Balaban J connectivity index is 2.08. The van der Waals surface area contributed by atoms with Gasteiger partial charge in [0.1, 0.15) is 5.76 Å². The molecule has 0 aliphatic carbocycles. The Morgan fingerprint density at radius 3 is 3.00 bits per heavy atom. The Morgan fingerprint density at radius 1 is 1.61 bits per heavy atom. The number of nitrogens with one attached hydrogen (secondary N) is 1. The molecule has 0 bridgehead atoms. The van der Waals surface area contributed by atoms with Crippen LogP contribution in [0.5, 0.6) is 0 Å². The number of hydrogen-bond acceptors (Lipinski definition) is 4. The molecular formula is C13H21N3O2. The summed E-state index contributed by atoms with van der Waals surface area (Å²) in [6, 6.07) is -0.0773. The Kier molecular flexibility index (Phi) is 4.01. The highest BCUT2D eigenvalue weighted by atomic mass is 16.4. The van der Waals surface area contributed by atoms with Crippen molar-refractivity contribution in [3.8, 4) is 0 Å². The van der Waals surface area contributed by atoms with Crippen molar-refractivity contribution in [1.29, 1.82) is 0 Å². The van der Waals surface area contributed by atoms with E-state index in [4.69, 9.17) is 4.42 Å². The van der Waals surface area contributed by atoms with E-state index < -0.39 is 0 Å². The lowest BCUT2D eigenvalue weighted by Crippen LogP contribution is -2.43. The monoisotopic (exact) mass is 251 g/mol. The lowest BCUT2D eigenvalue weighted by Gasteiger charge is -2.22. The molecule has 0 saturated carbocycles. The highest BCUT2D eigenvalue weighted by Crippen LogP contribution is 2.20. The lowest BCUT2D eigenvalue weighted by molar-refractivity contribution is -0.133. The fourth-order valence-corrected chi connectivity index (χ4v) is 2.39. The van der Waals surface area contributed by atoms with Crippen LogP contribution in [0.1, 0.15) is 31.4 Å². The molecule has 2 unspecified atom stereocenters. The molecule has 0 spiro atoms. The smallest absolute Gasteiger partial charge is 0.240 e. The summed E-state index contributed by atoms with van der Waals surface area (Å²) in [5.41, 5.74) is 0. The molecule has 2 atom stereocenters. The van der Waals surface area contributed by atoms with Crippen molar-refractivity contribution in [2.24, 2.45) is 5.92 Å². The molecule has 2 rings (SSSR count). The molecule has 1 aromatic heterocycles.